The van der Waals surface area contributed by atoms with Gasteiger partial charge in [-0.15, -0.1) is 0 Å². The highest BCUT2D eigenvalue weighted by atomic mass is 16.5. The van der Waals surface area contributed by atoms with Crippen molar-refractivity contribution in [2.45, 2.75) is 19.8 Å². The van der Waals surface area contributed by atoms with E-state index in [0.717, 1.165) is 5.56 Å². The quantitative estimate of drug-likeness (QED) is 0.778. The van der Waals surface area contributed by atoms with Crippen LogP contribution in [0.4, 0.5) is 0 Å². The fraction of sp³-hybridized carbons (Fsp3) is 0.556. The third-order valence-corrected chi connectivity index (χ3v) is 4.25. The molecule has 1 heterocycles. The average molecular weight is 319 g/mol. The Morgan fingerprint density at radius 1 is 1.00 bits per heavy atom. The lowest BCUT2D eigenvalue weighted by atomic mass is 9.73. The second-order valence-electron chi connectivity index (χ2n) is 5.87. The van der Waals surface area contributed by atoms with E-state index in [1.54, 1.807) is 13.8 Å². The summed E-state index contributed by atoms with van der Waals surface area (Å²) in [5, 5.41) is 0. The van der Waals surface area contributed by atoms with Crippen molar-refractivity contribution in [3.8, 4) is 0 Å². The van der Waals surface area contributed by atoms with Crippen molar-refractivity contribution in [1.82, 2.24) is 4.90 Å². The maximum Gasteiger partial charge on any atom is 0.310 e. The summed E-state index contributed by atoms with van der Waals surface area (Å²) < 4.78 is 10.5. The topological polar surface area (TPSA) is 55.8 Å². The number of esters is 2. The molecule has 2 unspecified atom stereocenters. The second-order valence-corrected chi connectivity index (χ2v) is 5.87. The van der Waals surface area contributed by atoms with Crippen molar-refractivity contribution in [1.29, 1.82) is 0 Å². The van der Waals surface area contributed by atoms with Gasteiger partial charge < -0.3 is 14.4 Å². The van der Waals surface area contributed by atoms with Crippen LogP contribution >= 0.6 is 0 Å². The lowest BCUT2D eigenvalue weighted by Crippen LogP contribution is -2.49. The Labute approximate surface area is 137 Å². The minimum atomic E-state index is -0.370. The van der Waals surface area contributed by atoms with Crippen molar-refractivity contribution in [2.24, 2.45) is 11.8 Å². The van der Waals surface area contributed by atoms with E-state index in [9.17, 15) is 9.59 Å². The van der Waals surface area contributed by atoms with Gasteiger partial charge in [-0.3, -0.25) is 9.59 Å². The van der Waals surface area contributed by atoms with Crippen LogP contribution in [0.25, 0.3) is 0 Å². The number of likely N-dealkylation sites (tertiary alicyclic amines) is 1. The van der Waals surface area contributed by atoms with Gasteiger partial charge in [-0.05, 0) is 26.5 Å². The molecule has 0 saturated carbocycles. The van der Waals surface area contributed by atoms with Crippen molar-refractivity contribution >= 4 is 11.9 Å². The highest BCUT2D eigenvalue weighted by Crippen LogP contribution is 2.38. The smallest absolute Gasteiger partial charge is 0.310 e. The molecule has 0 aromatic heterocycles. The lowest BCUT2D eigenvalue weighted by Gasteiger charge is -2.40. The van der Waals surface area contributed by atoms with Crippen LogP contribution in [0.1, 0.15) is 25.3 Å². The zero-order chi connectivity index (χ0) is 16.8. The van der Waals surface area contributed by atoms with Crippen LogP contribution in [0.2, 0.25) is 0 Å². The van der Waals surface area contributed by atoms with Gasteiger partial charge in [-0.25, -0.2) is 0 Å². The van der Waals surface area contributed by atoms with Gasteiger partial charge in [-0.1, -0.05) is 30.3 Å². The Bertz CT molecular complexity index is 503. The molecule has 1 aromatic carbocycles. The van der Waals surface area contributed by atoms with Crippen LogP contribution in [-0.2, 0) is 19.1 Å². The van der Waals surface area contributed by atoms with Crippen LogP contribution in [0, 0.1) is 11.8 Å². The van der Waals surface area contributed by atoms with Gasteiger partial charge in [0, 0.05) is 19.0 Å². The predicted molar refractivity (Wildman–Crippen MR) is 86.9 cm³/mol. The van der Waals surface area contributed by atoms with Crippen molar-refractivity contribution in [3.63, 3.8) is 0 Å². The number of rotatable bonds is 5. The molecule has 0 spiro atoms. The fourth-order valence-corrected chi connectivity index (χ4v) is 3.33. The summed E-state index contributed by atoms with van der Waals surface area (Å²) in [6.07, 6.45) is 0. The van der Waals surface area contributed by atoms with E-state index in [2.05, 4.69) is 0 Å². The summed E-state index contributed by atoms with van der Waals surface area (Å²) in [5.74, 6) is -1.45. The average Bonchev–Trinajstić information content (AvgIpc) is 2.55. The molecule has 0 amide bonds. The zero-order valence-electron chi connectivity index (χ0n) is 14.0. The highest BCUT2D eigenvalue weighted by molar-refractivity contribution is 5.79. The van der Waals surface area contributed by atoms with E-state index in [1.807, 2.05) is 42.3 Å². The molecule has 1 aliphatic rings. The maximum absolute atomic E-state index is 12.5. The summed E-state index contributed by atoms with van der Waals surface area (Å²) in [6, 6.07) is 9.72. The standard InChI is InChI=1S/C18H25NO4/c1-4-22-17(20)14-11-19(3)12-15(18(21)23-5-2)16(14)13-9-7-6-8-10-13/h6-10,14-16H,4-5,11-12H2,1-3H3. The first-order chi connectivity index (χ1) is 11.1. The first kappa shape index (κ1) is 17.5. The summed E-state index contributed by atoms with van der Waals surface area (Å²) in [5.41, 5.74) is 0.983. The summed E-state index contributed by atoms with van der Waals surface area (Å²) >= 11 is 0. The predicted octanol–water partition coefficient (Wildman–Crippen LogP) is 2.07. The minimum absolute atomic E-state index is 0.217. The lowest BCUT2D eigenvalue weighted by molar-refractivity contribution is -0.158. The molecule has 126 valence electrons. The van der Waals surface area contributed by atoms with Crippen LogP contribution in [0.3, 0.4) is 0 Å². The zero-order valence-corrected chi connectivity index (χ0v) is 14.0. The molecule has 1 aromatic rings. The molecule has 1 fully saturated rings. The van der Waals surface area contributed by atoms with E-state index < -0.39 is 0 Å². The van der Waals surface area contributed by atoms with E-state index in [4.69, 9.17) is 9.47 Å². The van der Waals surface area contributed by atoms with Gasteiger partial charge in [-0.2, -0.15) is 0 Å². The van der Waals surface area contributed by atoms with Gasteiger partial charge in [0.2, 0.25) is 0 Å². The summed E-state index contributed by atoms with van der Waals surface area (Å²) in [4.78, 5) is 26.9. The number of carbonyl (C=O) groups is 2. The fourth-order valence-electron chi connectivity index (χ4n) is 3.33. The molecule has 5 nitrogen and oxygen atoms in total. The van der Waals surface area contributed by atoms with Crippen molar-refractivity contribution in [3.05, 3.63) is 35.9 Å². The van der Waals surface area contributed by atoms with Gasteiger partial charge in [0.1, 0.15) is 0 Å². The highest BCUT2D eigenvalue weighted by Gasteiger charge is 2.45. The largest absolute Gasteiger partial charge is 0.466 e. The Hall–Kier alpha value is -1.88. The van der Waals surface area contributed by atoms with E-state index in [-0.39, 0.29) is 29.7 Å². The first-order valence-corrected chi connectivity index (χ1v) is 8.15. The number of hydrogen-bond acceptors (Lipinski definition) is 5. The third-order valence-electron chi connectivity index (χ3n) is 4.25. The number of piperidine rings is 1. The monoisotopic (exact) mass is 319 g/mol. The van der Waals surface area contributed by atoms with E-state index in [0.29, 0.717) is 26.3 Å². The number of ether oxygens (including phenoxy) is 2. The SMILES string of the molecule is CCOC(=O)C1CN(C)CC(C(=O)OCC)C1c1ccccc1. The Balaban J connectivity index is 2.38. The molecule has 1 saturated heterocycles. The second kappa shape index (κ2) is 8.11. The molecular weight excluding hydrogens is 294 g/mol. The molecule has 0 radical (unpaired) electrons. The molecule has 0 N–H and O–H groups in total. The third kappa shape index (κ3) is 4.10. The molecule has 1 aliphatic heterocycles. The molecular formula is C18H25NO4. The van der Waals surface area contributed by atoms with Crippen molar-refractivity contribution < 1.29 is 19.1 Å². The first-order valence-electron chi connectivity index (χ1n) is 8.15. The number of benzene rings is 1. The summed E-state index contributed by atoms with van der Waals surface area (Å²) in [7, 11) is 1.92. The Morgan fingerprint density at radius 2 is 1.48 bits per heavy atom. The Kier molecular flexibility index (Phi) is 6.16. The van der Waals surface area contributed by atoms with E-state index in [1.165, 1.54) is 0 Å². The van der Waals surface area contributed by atoms with Gasteiger partial charge in [0.25, 0.3) is 0 Å². The molecule has 0 bridgehead atoms. The molecule has 0 aliphatic carbocycles. The molecule has 23 heavy (non-hydrogen) atoms. The number of nitrogens with zero attached hydrogens (tertiary/aromatic N) is 1. The molecule has 2 atom stereocenters. The van der Waals surface area contributed by atoms with Gasteiger partial charge in [0.05, 0.1) is 25.0 Å². The number of hydrogen-bond donors (Lipinski definition) is 0. The Morgan fingerprint density at radius 3 is 1.91 bits per heavy atom. The van der Waals surface area contributed by atoms with Crippen LogP contribution in [0.5, 0.6) is 0 Å². The maximum atomic E-state index is 12.5. The van der Waals surface area contributed by atoms with Crippen LogP contribution in [0.15, 0.2) is 30.3 Å². The van der Waals surface area contributed by atoms with Crippen LogP contribution < -0.4 is 0 Å². The molecule has 2 rings (SSSR count). The van der Waals surface area contributed by atoms with Gasteiger partial charge in [0.15, 0.2) is 0 Å². The number of carbonyl (C=O) groups excluding carboxylic acids is 2. The van der Waals surface area contributed by atoms with Crippen molar-refractivity contribution in [2.75, 3.05) is 33.4 Å². The summed E-state index contributed by atoms with van der Waals surface area (Å²) in [6.45, 7) is 5.42. The minimum Gasteiger partial charge on any atom is -0.466 e. The molecule has 5 heteroatoms. The van der Waals surface area contributed by atoms with Gasteiger partial charge >= 0.3 is 11.9 Å². The van der Waals surface area contributed by atoms with Crippen LogP contribution in [-0.4, -0.2) is 50.2 Å². The van der Waals surface area contributed by atoms with E-state index >= 15 is 0 Å². The normalized spacial score (nSPS) is 24.9.